The second kappa shape index (κ2) is 7.17. The highest BCUT2D eigenvalue weighted by molar-refractivity contribution is 6.33. The molecule has 0 radical (unpaired) electrons. The lowest BCUT2D eigenvalue weighted by Crippen LogP contribution is -2.11. The van der Waals surface area contributed by atoms with E-state index in [1.54, 1.807) is 42.7 Å². The molecule has 2 aromatic carbocycles. The van der Waals surface area contributed by atoms with Crippen molar-refractivity contribution in [3.63, 3.8) is 0 Å². The minimum Gasteiger partial charge on any atom is -0.328 e. The number of nitrogens with one attached hydrogen (secondary N) is 1. The lowest BCUT2D eigenvalue weighted by atomic mass is 9.91. The Balaban J connectivity index is 2.11. The molecule has 0 atom stereocenters. The summed E-state index contributed by atoms with van der Waals surface area (Å²) in [4.78, 5) is 20.0. The molecule has 0 bridgehead atoms. The predicted molar refractivity (Wildman–Crippen MR) is 106 cm³/mol. The molecule has 3 nitrogen and oxygen atoms in total. The third-order valence-corrected chi connectivity index (χ3v) is 4.64. The van der Waals surface area contributed by atoms with Gasteiger partial charge in [-0.3, -0.25) is 9.78 Å². The predicted octanol–water partition coefficient (Wildman–Crippen LogP) is 5.56. The minimum absolute atomic E-state index is 0.276. The molecule has 0 spiro atoms. The second-order valence-corrected chi connectivity index (χ2v) is 6.39. The van der Waals surface area contributed by atoms with Crippen molar-refractivity contribution in [1.29, 1.82) is 0 Å². The molecule has 5 heteroatoms. The molecule has 2 heterocycles. The summed E-state index contributed by atoms with van der Waals surface area (Å²) in [6.45, 7) is 0. The van der Waals surface area contributed by atoms with Gasteiger partial charge in [0.2, 0.25) is 0 Å². The molecule has 0 saturated carbocycles. The van der Waals surface area contributed by atoms with Gasteiger partial charge in [0, 0.05) is 34.1 Å². The zero-order valence-corrected chi connectivity index (χ0v) is 14.9. The number of hydrogen-bond donors (Lipinski definition) is 1. The lowest BCUT2D eigenvalue weighted by Gasteiger charge is -2.15. The molecule has 27 heavy (non-hydrogen) atoms. The van der Waals surface area contributed by atoms with Gasteiger partial charge in [-0.15, -0.1) is 0 Å². The fraction of sp³-hybridized carbons (Fsp3) is 0. The van der Waals surface area contributed by atoms with E-state index < -0.39 is 0 Å². The van der Waals surface area contributed by atoms with E-state index in [1.807, 2.05) is 24.3 Å². The molecule has 4 rings (SSSR count). The van der Waals surface area contributed by atoms with E-state index in [9.17, 15) is 9.18 Å². The number of H-pyrrole nitrogens is 1. The number of hydrogen-bond acceptors (Lipinski definition) is 2. The smallest absolute Gasteiger partial charge is 0.256 e. The molecule has 0 aliphatic rings. The first-order chi connectivity index (χ1) is 13.1. The largest absolute Gasteiger partial charge is 0.328 e. The highest BCUT2D eigenvalue weighted by atomic mass is 35.5. The van der Waals surface area contributed by atoms with Gasteiger partial charge in [0.1, 0.15) is 5.82 Å². The molecule has 2 aromatic heterocycles. The van der Waals surface area contributed by atoms with Crippen LogP contribution in [0.5, 0.6) is 0 Å². The Bertz CT molecular complexity index is 1160. The summed E-state index contributed by atoms with van der Waals surface area (Å²) in [5.74, 6) is -0.345. The maximum absolute atomic E-state index is 13.5. The maximum Gasteiger partial charge on any atom is 0.256 e. The zero-order chi connectivity index (χ0) is 18.8. The number of aromatic nitrogens is 2. The second-order valence-electron chi connectivity index (χ2n) is 5.98. The summed E-state index contributed by atoms with van der Waals surface area (Å²) in [5, 5.41) is 0.463. The molecule has 1 N–H and O–H groups in total. The summed E-state index contributed by atoms with van der Waals surface area (Å²) in [6.07, 6.45) is 3.31. The highest BCUT2D eigenvalue weighted by Gasteiger charge is 2.19. The van der Waals surface area contributed by atoms with Crippen molar-refractivity contribution in [2.24, 2.45) is 0 Å². The first-order valence-electron chi connectivity index (χ1n) is 8.33. The van der Waals surface area contributed by atoms with Crippen LogP contribution in [0, 0.1) is 5.82 Å². The van der Waals surface area contributed by atoms with Crippen LogP contribution in [0.25, 0.3) is 33.5 Å². The number of pyridine rings is 2. The van der Waals surface area contributed by atoms with Gasteiger partial charge in [-0.05, 0) is 35.9 Å². The van der Waals surface area contributed by atoms with Gasteiger partial charge in [0.15, 0.2) is 0 Å². The van der Waals surface area contributed by atoms with Crippen molar-refractivity contribution < 1.29 is 4.39 Å². The van der Waals surface area contributed by atoms with E-state index in [0.717, 1.165) is 5.56 Å². The number of halogens is 2. The Morgan fingerprint density at radius 3 is 2.30 bits per heavy atom. The van der Waals surface area contributed by atoms with Gasteiger partial charge in [0.25, 0.3) is 5.56 Å². The average molecular weight is 377 g/mol. The fourth-order valence-corrected chi connectivity index (χ4v) is 3.32. The normalized spacial score (nSPS) is 10.7. The summed E-state index contributed by atoms with van der Waals surface area (Å²) >= 11 is 6.39. The van der Waals surface area contributed by atoms with E-state index in [0.29, 0.717) is 33.0 Å². The van der Waals surface area contributed by atoms with Gasteiger partial charge < -0.3 is 4.98 Å². The molecule has 0 unspecified atom stereocenters. The summed E-state index contributed by atoms with van der Waals surface area (Å²) < 4.78 is 13.5. The summed E-state index contributed by atoms with van der Waals surface area (Å²) in [5.41, 5.74) is 3.55. The molecule has 0 amide bonds. The molecule has 132 valence electrons. The van der Waals surface area contributed by atoms with Gasteiger partial charge in [-0.1, -0.05) is 48.0 Å². The standard InChI is InChI=1S/C22H14ClFN2O/c23-18-6-2-1-5-16(18)21-20(14-8-10-15(24)11-9-14)17(13-26-22(21)27)19-7-3-4-12-25-19/h1-13H,(H,26,27). The van der Waals surface area contributed by atoms with Crippen LogP contribution in [0.15, 0.2) is 83.9 Å². The molecular formula is C22H14ClFN2O. The van der Waals surface area contributed by atoms with Crippen molar-refractivity contribution in [3.05, 3.63) is 100 Å². The average Bonchev–Trinajstić information content (AvgIpc) is 2.70. The highest BCUT2D eigenvalue weighted by Crippen LogP contribution is 2.39. The first-order valence-corrected chi connectivity index (χ1v) is 8.71. The third-order valence-electron chi connectivity index (χ3n) is 4.31. The molecule has 0 fully saturated rings. The quantitative estimate of drug-likeness (QED) is 0.508. The topological polar surface area (TPSA) is 45.8 Å². The minimum atomic E-state index is -0.345. The number of rotatable bonds is 3. The summed E-state index contributed by atoms with van der Waals surface area (Å²) in [6, 6.07) is 18.7. The van der Waals surface area contributed by atoms with Crippen molar-refractivity contribution >= 4 is 11.6 Å². The molecule has 4 aromatic rings. The Morgan fingerprint density at radius 2 is 1.59 bits per heavy atom. The van der Waals surface area contributed by atoms with Crippen LogP contribution in [0.3, 0.4) is 0 Å². The van der Waals surface area contributed by atoms with Crippen LogP contribution >= 0.6 is 11.6 Å². The van der Waals surface area contributed by atoms with Crippen molar-refractivity contribution in [3.8, 4) is 33.5 Å². The Morgan fingerprint density at radius 1 is 0.852 bits per heavy atom. The van der Waals surface area contributed by atoms with E-state index in [2.05, 4.69) is 9.97 Å². The van der Waals surface area contributed by atoms with E-state index >= 15 is 0 Å². The number of nitrogens with zero attached hydrogens (tertiary/aromatic N) is 1. The van der Waals surface area contributed by atoms with Gasteiger partial charge in [-0.2, -0.15) is 0 Å². The Labute approximate surface area is 160 Å². The van der Waals surface area contributed by atoms with Gasteiger partial charge in [0.05, 0.1) is 11.3 Å². The lowest BCUT2D eigenvalue weighted by molar-refractivity contribution is 0.628. The third kappa shape index (κ3) is 3.27. The molecule has 0 saturated heterocycles. The summed E-state index contributed by atoms with van der Waals surface area (Å²) in [7, 11) is 0. The van der Waals surface area contributed by atoms with Crippen LogP contribution in [-0.2, 0) is 0 Å². The number of benzene rings is 2. The van der Waals surface area contributed by atoms with Crippen LogP contribution in [0.4, 0.5) is 4.39 Å². The SMILES string of the molecule is O=c1[nH]cc(-c2ccccn2)c(-c2ccc(F)cc2)c1-c1ccccc1Cl. The van der Waals surface area contributed by atoms with Crippen molar-refractivity contribution in [2.75, 3.05) is 0 Å². The fourth-order valence-electron chi connectivity index (χ4n) is 3.09. The molecule has 0 aliphatic carbocycles. The van der Waals surface area contributed by atoms with Crippen LogP contribution in [0.1, 0.15) is 0 Å². The Hall–Kier alpha value is -3.24. The molecule has 0 aliphatic heterocycles. The van der Waals surface area contributed by atoms with Gasteiger partial charge in [-0.25, -0.2) is 4.39 Å². The van der Waals surface area contributed by atoms with E-state index in [-0.39, 0.29) is 11.4 Å². The van der Waals surface area contributed by atoms with Crippen LogP contribution in [0.2, 0.25) is 5.02 Å². The number of aromatic amines is 1. The maximum atomic E-state index is 13.5. The van der Waals surface area contributed by atoms with E-state index in [1.165, 1.54) is 12.1 Å². The monoisotopic (exact) mass is 376 g/mol. The van der Waals surface area contributed by atoms with E-state index in [4.69, 9.17) is 11.6 Å². The van der Waals surface area contributed by atoms with Gasteiger partial charge >= 0.3 is 0 Å². The van der Waals surface area contributed by atoms with Crippen LogP contribution in [-0.4, -0.2) is 9.97 Å². The van der Waals surface area contributed by atoms with Crippen LogP contribution < -0.4 is 5.56 Å². The Kier molecular flexibility index (Phi) is 4.57. The zero-order valence-electron chi connectivity index (χ0n) is 14.1. The first kappa shape index (κ1) is 17.2. The van der Waals surface area contributed by atoms with Crippen molar-refractivity contribution in [1.82, 2.24) is 9.97 Å². The van der Waals surface area contributed by atoms with Crippen molar-refractivity contribution in [2.45, 2.75) is 0 Å². The molecular weight excluding hydrogens is 363 g/mol.